The first-order chi connectivity index (χ1) is 9.56. The van der Waals surface area contributed by atoms with Crippen LogP contribution >= 0.6 is 0 Å². The van der Waals surface area contributed by atoms with Crippen molar-refractivity contribution in [2.75, 3.05) is 6.54 Å². The Kier molecular flexibility index (Phi) is 3.60. The smallest absolute Gasteiger partial charge is 0.243 e. The van der Waals surface area contributed by atoms with Crippen LogP contribution in [0.25, 0.3) is 0 Å². The van der Waals surface area contributed by atoms with Crippen molar-refractivity contribution in [3.05, 3.63) is 29.3 Å². The first-order valence-electron chi connectivity index (χ1n) is 7.40. The number of rotatable bonds is 4. The van der Waals surface area contributed by atoms with E-state index in [4.69, 9.17) is 5.73 Å². The van der Waals surface area contributed by atoms with Crippen molar-refractivity contribution < 1.29 is 8.42 Å². The lowest BCUT2D eigenvalue weighted by molar-refractivity contribution is 0.333. The van der Waals surface area contributed by atoms with Crippen LogP contribution in [0.4, 0.5) is 0 Å². The second-order valence-electron chi connectivity index (χ2n) is 5.91. The van der Waals surface area contributed by atoms with E-state index >= 15 is 0 Å². The van der Waals surface area contributed by atoms with Crippen LogP contribution in [0.5, 0.6) is 0 Å². The van der Waals surface area contributed by atoms with Crippen molar-refractivity contribution in [1.29, 1.82) is 0 Å². The molecule has 0 radical (unpaired) electrons. The lowest BCUT2D eigenvalue weighted by Gasteiger charge is -2.27. The summed E-state index contributed by atoms with van der Waals surface area (Å²) >= 11 is 0. The van der Waals surface area contributed by atoms with Gasteiger partial charge in [-0.15, -0.1) is 0 Å². The molecular weight excluding hydrogens is 272 g/mol. The molecule has 2 unspecified atom stereocenters. The Hall–Kier alpha value is -0.910. The number of sulfonamides is 1. The lowest BCUT2D eigenvalue weighted by Crippen LogP contribution is -2.38. The molecule has 1 saturated heterocycles. The molecule has 1 aromatic rings. The van der Waals surface area contributed by atoms with Gasteiger partial charge in [-0.2, -0.15) is 4.31 Å². The molecule has 2 bridgehead atoms. The number of nitrogens with two attached hydrogens (primary N) is 1. The summed E-state index contributed by atoms with van der Waals surface area (Å²) in [5.74, 6) is 0.567. The molecule has 5 heteroatoms. The van der Waals surface area contributed by atoms with Crippen molar-refractivity contribution in [2.24, 2.45) is 11.7 Å². The van der Waals surface area contributed by atoms with Crippen LogP contribution in [0.15, 0.2) is 23.1 Å². The van der Waals surface area contributed by atoms with Gasteiger partial charge in [-0.1, -0.05) is 19.1 Å². The van der Waals surface area contributed by atoms with E-state index in [1.165, 1.54) is 6.42 Å². The summed E-state index contributed by atoms with van der Waals surface area (Å²) in [6.07, 6.45) is 3.96. The van der Waals surface area contributed by atoms with Gasteiger partial charge in [0, 0.05) is 19.1 Å². The zero-order chi connectivity index (χ0) is 14.3. The first kappa shape index (κ1) is 14.0. The fourth-order valence-corrected chi connectivity index (χ4v) is 5.65. The van der Waals surface area contributed by atoms with Gasteiger partial charge in [-0.25, -0.2) is 8.42 Å². The minimum Gasteiger partial charge on any atom is -0.326 e. The fraction of sp³-hybridized carbons (Fsp3) is 0.600. The maximum atomic E-state index is 13.0. The number of hydrogen-bond donors (Lipinski definition) is 1. The van der Waals surface area contributed by atoms with Gasteiger partial charge < -0.3 is 5.73 Å². The van der Waals surface area contributed by atoms with Gasteiger partial charge in [0.2, 0.25) is 10.0 Å². The molecule has 20 heavy (non-hydrogen) atoms. The molecule has 2 aliphatic rings. The molecule has 0 spiro atoms. The molecule has 2 fully saturated rings. The van der Waals surface area contributed by atoms with Crippen molar-refractivity contribution in [1.82, 2.24) is 4.31 Å². The van der Waals surface area contributed by atoms with E-state index < -0.39 is 10.0 Å². The Bertz CT molecular complexity index is 612. The van der Waals surface area contributed by atoms with E-state index in [1.54, 1.807) is 10.4 Å². The molecule has 3 rings (SSSR count). The normalized spacial score (nSPS) is 26.3. The molecule has 2 N–H and O–H groups in total. The number of nitrogens with zero attached hydrogens (tertiary/aromatic N) is 1. The third-order valence-electron chi connectivity index (χ3n) is 4.69. The Morgan fingerprint density at radius 3 is 2.70 bits per heavy atom. The molecule has 1 aromatic carbocycles. The van der Waals surface area contributed by atoms with Crippen molar-refractivity contribution in [3.63, 3.8) is 0 Å². The topological polar surface area (TPSA) is 63.4 Å². The van der Waals surface area contributed by atoms with Gasteiger partial charge >= 0.3 is 0 Å². The molecule has 0 amide bonds. The second-order valence-corrected chi connectivity index (χ2v) is 7.77. The fourth-order valence-electron chi connectivity index (χ4n) is 3.56. The predicted octanol–water partition coefficient (Wildman–Crippen LogP) is 1.88. The van der Waals surface area contributed by atoms with E-state index in [0.29, 0.717) is 23.9 Å². The van der Waals surface area contributed by atoms with Crippen LogP contribution in [0.2, 0.25) is 0 Å². The highest BCUT2D eigenvalue weighted by atomic mass is 32.2. The number of hydrogen-bond acceptors (Lipinski definition) is 3. The second kappa shape index (κ2) is 5.13. The predicted molar refractivity (Wildman–Crippen MR) is 78.7 cm³/mol. The monoisotopic (exact) mass is 294 g/mol. The molecule has 1 aliphatic carbocycles. The van der Waals surface area contributed by atoms with E-state index in [1.807, 2.05) is 19.1 Å². The van der Waals surface area contributed by atoms with E-state index in [9.17, 15) is 8.42 Å². The summed E-state index contributed by atoms with van der Waals surface area (Å²) in [5.41, 5.74) is 7.43. The highest BCUT2D eigenvalue weighted by molar-refractivity contribution is 7.89. The average molecular weight is 294 g/mol. The zero-order valence-corrected chi connectivity index (χ0v) is 12.7. The molecular formula is C15H22N2O2S. The lowest BCUT2D eigenvalue weighted by atomic mass is 10.1. The van der Waals surface area contributed by atoms with Crippen LogP contribution in [-0.4, -0.2) is 25.3 Å². The largest absolute Gasteiger partial charge is 0.326 e. The van der Waals surface area contributed by atoms with Gasteiger partial charge in [0.05, 0.1) is 4.90 Å². The molecule has 0 aromatic heterocycles. The maximum absolute atomic E-state index is 13.0. The highest BCUT2D eigenvalue weighted by Crippen LogP contribution is 2.41. The molecule has 1 heterocycles. The number of benzene rings is 1. The minimum absolute atomic E-state index is 0.219. The number of aryl methyl sites for hydroxylation is 1. The summed E-state index contributed by atoms with van der Waals surface area (Å²) in [5, 5.41) is 0. The standard InChI is InChI=1S/C15H22N2O2S/c1-2-13-5-3-11(9-16)8-15(13)20(18,19)17-10-12-4-6-14(17)7-12/h3,5,8,12,14H,2,4,6-7,9-10,16H2,1H3. The molecule has 4 nitrogen and oxygen atoms in total. The Labute approximate surface area is 121 Å². The molecule has 1 aliphatic heterocycles. The quantitative estimate of drug-likeness (QED) is 0.922. The van der Waals surface area contributed by atoms with Crippen molar-refractivity contribution >= 4 is 10.0 Å². The SMILES string of the molecule is CCc1ccc(CN)cc1S(=O)(=O)N1CC2CCC1C2. The molecule has 1 saturated carbocycles. The highest BCUT2D eigenvalue weighted by Gasteiger charge is 2.44. The summed E-state index contributed by atoms with van der Waals surface area (Å²) in [6, 6.07) is 5.81. The van der Waals surface area contributed by atoms with Crippen LogP contribution in [0.3, 0.4) is 0 Å². The third-order valence-corrected chi connectivity index (χ3v) is 6.69. The average Bonchev–Trinajstić information content (AvgIpc) is 3.09. The van der Waals surface area contributed by atoms with E-state index in [0.717, 1.165) is 30.4 Å². The van der Waals surface area contributed by atoms with Crippen molar-refractivity contribution in [3.8, 4) is 0 Å². The first-order valence-corrected chi connectivity index (χ1v) is 8.84. The van der Waals surface area contributed by atoms with E-state index in [-0.39, 0.29) is 6.04 Å². The summed E-state index contributed by atoms with van der Waals surface area (Å²) in [4.78, 5) is 0.468. The van der Waals surface area contributed by atoms with Crippen LogP contribution in [0, 0.1) is 5.92 Å². The third kappa shape index (κ3) is 2.18. The van der Waals surface area contributed by atoms with Gasteiger partial charge in [0.15, 0.2) is 0 Å². The van der Waals surface area contributed by atoms with Gasteiger partial charge in [0.1, 0.15) is 0 Å². The van der Waals surface area contributed by atoms with E-state index in [2.05, 4.69) is 0 Å². The number of fused-ring (bicyclic) bond motifs is 2. The van der Waals surface area contributed by atoms with Gasteiger partial charge in [-0.3, -0.25) is 0 Å². The summed E-state index contributed by atoms with van der Waals surface area (Å²) in [7, 11) is -3.37. The van der Waals surface area contributed by atoms with Gasteiger partial charge in [-0.05, 0) is 48.8 Å². The Balaban J connectivity index is 2.02. The Morgan fingerprint density at radius 1 is 1.35 bits per heavy atom. The van der Waals surface area contributed by atoms with Crippen LogP contribution < -0.4 is 5.73 Å². The molecule has 110 valence electrons. The minimum atomic E-state index is -3.37. The number of piperidine rings is 1. The zero-order valence-electron chi connectivity index (χ0n) is 11.9. The van der Waals surface area contributed by atoms with Crippen molar-refractivity contribution in [2.45, 2.75) is 50.1 Å². The van der Waals surface area contributed by atoms with Crippen LogP contribution in [-0.2, 0) is 23.0 Å². The molecule has 2 atom stereocenters. The van der Waals surface area contributed by atoms with Crippen LogP contribution in [0.1, 0.15) is 37.3 Å². The summed E-state index contributed by atoms with van der Waals surface area (Å²) < 4.78 is 27.6. The maximum Gasteiger partial charge on any atom is 0.243 e. The van der Waals surface area contributed by atoms with Gasteiger partial charge in [0.25, 0.3) is 0 Å². The Morgan fingerprint density at radius 2 is 2.15 bits per heavy atom. The summed E-state index contributed by atoms with van der Waals surface area (Å²) in [6.45, 7) is 3.06.